The minimum Gasteiger partial charge on any atom is -0.486 e. The Labute approximate surface area is 142 Å². The third-order valence-corrected chi connectivity index (χ3v) is 4.35. The van der Waals surface area contributed by atoms with Crippen LogP contribution in [-0.2, 0) is 4.79 Å². The van der Waals surface area contributed by atoms with E-state index in [9.17, 15) is 4.79 Å². The van der Waals surface area contributed by atoms with Gasteiger partial charge in [0.05, 0.1) is 12.0 Å². The van der Waals surface area contributed by atoms with Crippen LogP contribution >= 0.6 is 0 Å². The second-order valence-corrected chi connectivity index (χ2v) is 6.00. The van der Waals surface area contributed by atoms with E-state index in [1.54, 1.807) is 0 Å². The smallest absolute Gasteiger partial charge is 0.228 e. The fourth-order valence-corrected chi connectivity index (χ4v) is 2.98. The Morgan fingerprint density at radius 2 is 1.75 bits per heavy atom. The monoisotopic (exact) mass is 325 g/mol. The van der Waals surface area contributed by atoms with Crippen LogP contribution in [0.5, 0.6) is 11.5 Å². The van der Waals surface area contributed by atoms with Crippen molar-refractivity contribution in [3.63, 3.8) is 0 Å². The lowest BCUT2D eigenvalue weighted by atomic mass is 9.95. The highest BCUT2D eigenvalue weighted by molar-refractivity contribution is 5.84. The highest BCUT2D eigenvalue weighted by Gasteiger charge is 2.21. The second-order valence-electron chi connectivity index (χ2n) is 6.00. The molecular formula is C20H23NO3. The average molecular weight is 325 g/mol. The minimum atomic E-state index is -0.133. The first kappa shape index (κ1) is 16.4. The first-order valence-electron chi connectivity index (χ1n) is 8.44. The van der Waals surface area contributed by atoms with Crippen molar-refractivity contribution in [3.8, 4) is 11.5 Å². The molecule has 4 heteroatoms. The number of rotatable bonds is 5. The van der Waals surface area contributed by atoms with Crippen molar-refractivity contribution >= 4 is 5.91 Å². The minimum absolute atomic E-state index is 0.0473. The average Bonchev–Trinajstić information content (AvgIpc) is 2.62. The zero-order chi connectivity index (χ0) is 16.9. The van der Waals surface area contributed by atoms with E-state index in [-0.39, 0.29) is 17.9 Å². The van der Waals surface area contributed by atoms with Crippen LogP contribution < -0.4 is 14.8 Å². The molecule has 0 bridgehead atoms. The zero-order valence-electron chi connectivity index (χ0n) is 14.1. The molecule has 0 radical (unpaired) electrons. The summed E-state index contributed by atoms with van der Waals surface area (Å²) in [5.74, 6) is 1.42. The number of carbonyl (C=O) groups excluding carboxylic acids is 1. The van der Waals surface area contributed by atoms with Gasteiger partial charge >= 0.3 is 0 Å². The largest absolute Gasteiger partial charge is 0.486 e. The van der Waals surface area contributed by atoms with Crippen molar-refractivity contribution in [3.05, 3.63) is 59.7 Å². The standard InChI is InChI=1S/C20H23NO3/c1-3-17(15-7-5-4-6-8-15)20(22)21-14(2)16-9-10-18-19(13-16)24-12-11-23-18/h4-10,13-14,17H,3,11-12H2,1-2H3,(H,21,22). The Bertz CT molecular complexity index is 699. The number of nitrogens with one attached hydrogen (secondary N) is 1. The molecule has 2 unspecified atom stereocenters. The normalized spacial score (nSPS) is 15.4. The highest BCUT2D eigenvalue weighted by atomic mass is 16.6. The predicted octanol–water partition coefficient (Wildman–Crippen LogP) is 3.83. The summed E-state index contributed by atoms with van der Waals surface area (Å²) in [5.41, 5.74) is 2.06. The van der Waals surface area contributed by atoms with Crippen LogP contribution in [0.1, 0.15) is 43.4 Å². The molecule has 1 aliphatic heterocycles. The summed E-state index contributed by atoms with van der Waals surface area (Å²) in [6, 6.07) is 15.6. The quantitative estimate of drug-likeness (QED) is 0.909. The van der Waals surface area contributed by atoms with Crippen molar-refractivity contribution in [2.75, 3.05) is 13.2 Å². The molecule has 0 aromatic heterocycles. The molecule has 24 heavy (non-hydrogen) atoms. The van der Waals surface area contributed by atoms with Gasteiger partial charge in [-0.2, -0.15) is 0 Å². The Morgan fingerprint density at radius 1 is 1.04 bits per heavy atom. The van der Waals surface area contributed by atoms with Gasteiger partial charge in [0.15, 0.2) is 11.5 Å². The zero-order valence-corrected chi connectivity index (χ0v) is 14.1. The van der Waals surface area contributed by atoms with Crippen LogP contribution in [0.2, 0.25) is 0 Å². The summed E-state index contributed by atoms with van der Waals surface area (Å²) in [4.78, 5) is 12.7. The Balaban J connectivity index is 1.71. The molecule has 4 nitrogen and oxygen atoms in total. The molecule has 2 aromatic rings. The number of amides is 1. The number of benzene rings is 2. The molecule has 1 amide bonds. The van der Waals surface area contributed by atoms with E-state index in [4.69, 9.17) is 9.47 Å². The molecule has 0 fully saturated rings. The van der Waals surface area contributed by atoms with Crippen molar-refractivity contribution in [2.24, 2.45) is 0 Å². The van der Waals surface area contributed by atoms with Crippen LogP contribution in [0, 0.1) is 0 Å². The molecule has 1 heterocycles. The Kier molecular flexibility index (Phi) is 5.04. The maximum absolute atomic E-state index is 12.7. The van der Waals surface area contributed by atoms with Gasteiger partial charge in [0.1, 0.15) is 13.2 Å². The van der Waals surface area contributed by atoms with Crippen molar-refractivity contribution in [2.45, 2.75) is 32.2 Å². The fraction of sp³-hybridized carbons (Fsp3) is 0.350. The van der Waals surface area contributed by atoms with Crippen molar-refractivity contribution in [1.29, 1.82) is 0 Å². The molecule has 0 aliphatic carbocycles. The number of carbonyl (C=O) groups is 1. The molecule has 0 spiro atoms. The Hall–Kier alpha value is -2.49. The third kappa shape index (κ3) is 3.53. The summed E-state index contributed by atoms with van der Waals surface area (Å²) in [6.45, 7) is 5.16. The maximum Gasteiger partial charge on any atom is 0.228 e. The topological polar surface area (TPSA) is 47.6 Å². The lowest BCUT2D eigenvalue weighted by Crippen LogP contribution is -2.31. The SMILES string of the molecule is CCC(C(=O)NC(C)c1ccc2c(c1)OCCO2)c1ccccc1. The second kappa shape index (κ2) is 7.39. The predicted molar refractivity (Wildman–Crippen MR) is 93.5 cm³/mol. The van der Waals surface area contributed by atoms with Gasteiger partial charge in [-0.3, -0.25) is 4.79 Å². The van der Waals surface area contributed by atoms with Gasteiger partial charge in [-0.15, -0.1) is 0 Å². The van der Waals surface area contributed by atoms with Crippen LogP contribution in [0.15, 0.2) is 48.5 Å². The molecular weight excluding hydrogens is 302 g/mol. The maximum atomic E-state index is 12.7. The summed E-state index contributed by atoms with van der Waals surface area (Å²) in [7, 11) is 0. The third-order valence-electron chi connectivity index (χ3n) is 4.35. The van der Waals surface area contributed by atoms with E-state index < -0.39 is 0 Å². The van der Waals surface area contributed by atoms with Crippen molar-refractivity contribution < 1.29 is 14.3 Å². The first-order valence-corrected chi connectivity index (χ1v) is 8.44. The van der Waals surface area contributed by atoms with Gasteiger partial charge in [0, 0.05) is 0 Å². The summed E-state index contributed by atoms with van der Waals surface area (Å²) in [6.07, 6.45) is 0.768. The molecule has 2 atom stereocenters. The molecule has 126 valence electrons. The molecule has 3 rings (SSSR count). The van der Waals surface area contributed by atoms with Gasteiger partial charge in [0.25, 0.3) is 0 Å². The summed E-state index contributed by atoms with van der Waals surface area (Å²) >= 11 is 0. The lowest BCUT2D eigenvalue weighted by molar-refractivity contribution is -0.123. The lowest BCUT2D eigenvalue weighted by Gasteiger charge is -2.22. The first-order chi connectivity index (χ1) is 11.7. The van der Waals surface area contributed by atoms with Crippen LogP contribution in [-0.4, -0.2) is 19.1 Å². The number of ether oxygens (including phenoxy) is 2. The number of fused-ring (bicyclic) bond motifs is 1. The molecule has 1 aliphatic rings. The van der Waals surface area contributed by atoms with E-state index in [1.807, 2.05) is 62.4 Å². The van der Waals surface area contributed by atoms with Crippen molar-refractivity contribution in [1.82, 2.24) is 5.32 Å². The van der Waals surface area contributed by atoms with Gasteiger partial charge < -0.3 is 14.8 Å². The van der Waals surface area contributed by atoms with E-state index in [0.717, 1.165) is 29.0 Å². The molecule has 0 saturated carbocycles. The molecule has 2 aromatic carbocycles. The van der Waals surface area contributed by atoms with E-state index in [0.29, 0.717) is 13.2 Å². The van der Waals surface area contributed by atoms with E-state index in [2.05, 4.69) is 5.32 Å². The van der Waals surface area contributed by atoms with Crippen LogP contribution in [0.25, 0.3) is 0 Å². The molecule has 0 saturated heterocycles. The van der Waals surface area contributed by atoms with E-state index in [1.165, 1.54) is 0 Å². The number of hydrogen-bond acceptors (Lipinski definition) is 3. The van der Waals surface area contributed by atoms with Gasteiger partial charge in [-0.25, -0.2) is 0 Å². The van der Waals surface area contributed by atoms with Gasteiger partial charge in [0.2, 0.25) is 5.91 Å². The molecule has 1 N–H and O–H groups in total. The summed E-state index contributed by atoms with van der Waals surface area (Å²) in [5, 5.41) is 3.12. The summed E-state index contributed by atoms with van der Waals surface area (Å²) < 4.78 is 11.2. The van der Waals surface area contributed by atoms with Gasteiger partial charge in [-0.1, -0.05) is 43.3 Å². The van der Waals surface area contributed by atoms with Crippen LogP contribution in [0.3, 0.4) is 0 Å². The number of hydrogen-bond donors (Lipinski definition) is 1. The van der Waals surface area contributed by atoms with Gasteiger partial charge in [-0.05, 0) is 36.6 Å². The Morgan fingerprint density at radius 3 is 2.46 bits per heavy atom. The van der Waals surface area contributed by atoms with E-state index >= 15 is 0 Å². The van der Waals surface area contributed by atoms with Crippen LogP contribution in [0.4, 0.5) is 0 Å². The highest BCUT2D eigenvalue weighted by Crippen LogP contribution is 2.32. The fourth-order valence-electron chi connectivity index (χ4n) is 2.98.